The van der Waals surface area contributed by atoms with Crippen molar-refractivity contribution in [3.05, 3.63) is 53.2 Å². The number of hydrogen-bond acceptors (Lipinski definition) is 4. The van der Waals surface area contributed by atoms with Crippen LogP contribution in [0.4, 0.5) is 5.82 Å². The third kappa shape index (κ3) is 2.35. The number of nitrogens with zero attached hydrogens (tertiary/aromatic N) is 3. The number of nitrogens with one attached hydrogen (secondary N) is 1. The second-order valence-corrected chi connectivity index (χ2v) is 5.25. The maximum absolute atomic E-state index is 8.75. The Morgan fingerprint density at radius 2 is 2.05 bits per heavy atom. The Morgan fingerprint density at radius 1 is 1.20 bits per heavy atom. The van der Waals surface area contributed by atoms with Gasteiger partial charge in [-0.05, 0) is 42.0 Å². The van der Waals surface area contributed by atoms with Crippen LogP contribution in [0.2, 0.25) is 0 Å². The lowest BCUT2D eigenvalue weighted by Crippen LogP contribution is -2.25. The molecule has 0 spiro atoms. The average Bonchev–Trinajstić information content (AvgIpc) is 2.51. The first-order valence-electron chi connectivity index (χ1n) is 6.86. The summed E-state index contributed by atoms with van der Waals surface area (Å²) in [4.78, 5) is 0. The fourth-order valence-electron chi connectivity index (χ4n) is 2.77. The SMILES string of the molecule is CC1CCc2ccccc2C1Nc1ccc(C#N)nn1. The second-order valence-electron chi connectivity index (χ2n) is 5.25. The smallest absolute Gasteiger partial charge is 0.163 e. The van der Waals surface area contributed by atoms with Crippen LogP contribution in [0.15, 0.2) is 36.4 Å². The number of benzene rings is 1. The lowest BCUT2D eigenvalue weighted by Gasteiger charge is -2.32. The molecule has 0 fully saturated rings. The molecule has 2 aromatic rings. The predicted molar refractivity (Wildman–Crippen MR) is 77.0 cm³/mol. The molecule has 2 unspecified atom stereocenters. The van der Waals surface area contributed by atoms with Gasteiger partial charge in [0.15, 0.2) is 5.69 Å². The Morgan fingerprint density at radius 3 is 2.80 bits per heavy atom. The van der Waals surface area contributed by atoms with Crippen LogP contribution in [0.1, 0.15) is 36.2 Å². The number of aromatic nitrogens is 2. The van der Waals surface area contributed by atoms with E-state index in [1.807, 2.05) is 12.1 Å². The molecule has 1 aromatic heterocycles. The number of nitriles is 1. The zero-order valence-corrected chi connectivity index (χ0v) is 11.4. The molecule has 1 heterocycles. The Bertz CT molecular complexity index is 642. The standard InChI is InChI=1S/C16H16N4/c1-11-6-7-12-4-2-3-5-14(12)16(11)18-15-9-8-13(10-17)19-20-15/h2-5,8-9,11,16H,6-7H2,1H3,(H,18,20). The molecule has 20 heavy (non-hydrogen) atoms. The maximum atomic E-state index is 8.75. The molecule has 1 N–H and O–H groups in total. The van der Waals surface area contributed by atoms with Crippen molar-refractivity contribution in [2.45, 2.75) is 25.8 Å². The van der Waals surface area contributed by atoms with Gasteiger partial charge in [-0.25, -0.2) is 0 Å². The molecule has 4 nitrogen and oxygen atoms in total. The predicted octanol–water partition coefficient (Wildman–Crippen LogP) is 3.08. The van der Waals surface area contributed by atoms with Crippen molar-refractivity contribution < 1.29 is 0 Å². The van der Waals surface area contributed by atoms with E-state index in [1.54, 1.807) is 6.07 Å². The highest BCUT2D eigenvalue weighted by Crippen LogP contribution is 2.36. The first-order valence-corrected chi connectivity index (χ1v) is 6.86. The van der Waals surface area contributed by atoms with Gasteiger partial charge in [0.25, 0.3) is 0 Å². The molecule has 0 radical (unpaired) electrons. The lowest BCUT2D eigenvalue weighted by atomic mass is 9.81. The zero-order valence-electron chi connectivity index (χ0n) is 11.4. The van der Waals surface area contributed by atoms with Crippen molar-refractivity contribution in [1.29, 1.82) is 5.26 Å². The summed E-state index contributed by atoms with van der Waals surface area (Å²) in [7, 11) is 0. The highest BCUT2D eigenvalue weighted by Gasteiger charge is 2.26. The van der Waals surface area contributed by atoms with Gasteiger partial charge in [0.05, 0.1) is 6.04 Å². The van der Waals surface area contributed by atoms with E-state index in [0.717, 1.165) is 12.2 Å². The third-order valence-electron chi connectivity index (χ3n) is 3.91. The minimum Gasteiger partial charge on any atom is -0.361 e. The molecule has 4 heteroatoms. The summed E-state index contributed by atoms with van der Waals surface area (Å²) in [6.07, 6.45) is 2.30. The molecule has 100 valence electrons. The zero-order chi connectivity index (χ0) is 13.9. The third-order valence-corrected chi connectivity index (χ3v) is 3.91. The molecule has 3 rings (SSSR count). The van der Waals surface area contributed by atoms with Gasteiger partial charge >= 0.3 is 0 Å². The van der Waals surface area contributed by atoms with Crippen molar-refractivity contribution in [3.8, 4) is 6.07 Å². The monoisotopic (exact) mass is 264 g/mol. The first kappa shape index (κ1) is 12.6. The first-order chi connectivity index (χ1) is 9.78. The second kappa shape index (κ2) is 5.30. The van der Waals surface area contributed by atoms with Crippen LogP contribution in [0, 0.1) is 17.2 Å². The van der Waals surface area contributed by atoms with Crippen molar-refractivity contribution >= 4 is 5.82 Å². The van der Waals surface area contributed by atoms with E-state index in [2.05, 4.69) is 46.7 Å². The Kier molecular flexibility index (Phi) is 3.34. The molecule has 0 saturated carbocycles. The molecule has 0 saturated heterocycles. The molecule has 0 aliphatic heterocycles. The normalized spacial score (nSPS) is 20.8. The van der Waals surface area contributed by atoms with Gasteiger partial charge in [-0.15, -0.1) is 10.2 Å². The van der Waals surface area contributed by atoms with Crippen LogP contribution < -0.4 is 5.32 Å². The minimum absolute atomic E-state index is 0.252. The van der Waals surface area contributed by atoms with Crippen LogP contribution in [0.3, 0.4) is 0 Å². The quantitative estimate of drug-likeness (QED) is 0.905. The van der Waals surface area contributed by atoms with Gasteiger partial charge in [-0.1, -0.05) is 31.2 Å². The van der Waals surface area contributed by atoms with Gasteiger partial charge in [0, 0.05) is 0 Å². The molecule has 1 aliphatic carbocycles. The average molecular weight is 264 g/mol. The van der Waals surface area contributed by atoms with Gasteiger partial charge in [-0.2, -0.15) is 5.26 Å². The molecular weight excluding hydrogens is 248 g/mol. The molecule has 1 aliphatic rings. The van der Waals surface area contributed by atoms with E-state index >= 15 is 0 Å². The van der Waals surface area contributed by atoms with Crippen LogP contribution in [0.5, 0.6) is 0 Å². The van der Waals surface area contributed by atoms with Gasteiger partial charge in [0.1, 0.15) is 11.9 Å². The van der Waals surface area contributed by atoms with E-state index in [4.69, 9.17) is 5.26 Å². The Hall–Kier alpha value is -2.41. The largest absolute Gasteiger partial charge is 0.361 e. The van der Waals surface area contributed by atoms with Crippen molar-refractivity contribution in [2.75, 3.05) is 5.32 Å². The van der Waals surface area contributed by atoms with Crippen molar-refractivity contribution in [2.24, 2.45) is 5.92 Å². The highest BCUT2D eigenvalue weighted by molar-refractivity contribution is 5.42. The van der Waals surface area contributed by atoms with Crippen molar-refractivity contribution in [1.82, 2.24) is 10.2 Å². The topological polar surface area (TPSA) is 61.6 Å². The van der Waals surface area contributed by atoms with Gasteiger partial charge < -0.3 is 5.32 Å². The Labute approximate surface area is 118 Å². The summed E-state index contributed by atoms with van der Waals surface area (Å²) in [5.41, 5.74) is 3.09. The van der Waals surface area contributed by atoms with E-state index < -0.39 is 0 Å². The Balaban J connectivity index is 1.87. The van der Waals surface area contributed by atoms with Crippen molar-refractivity contribution in [3.63, 3.8) is 0 Å². The maximum Gasteiger partial charge on any atom is 0.163 e. The fraction of sp³-hybridized carbons (Fsp3) is 0.312. The molecule has 2 atom stereocenters. The van der Waals surface area contributed by atoms with Gasteiger partial charge in [0.2, 0.25) is 0 Å². The number of rotatable bonds is 2. The number of hydrogen-bond donors (Lipinski definition) is 1. The number of fused-ring (bicyclic) bond motifs is 1. The van der Waals surface area contributed by atoms with Crippen LogP contribution in [-0.2, 0) is 6.42 Å². The summed E-state index contributed by atoms with van der Waals surface area (Å²) >= 11 is 0. The highest BCUT2D eigenvalue weighted by atomic mass is 15.2. The summed E-state index contributed by atoms with van der Waals surface area (Å²) < 4.78 is 0. The molecule has 1 aromatic carbocycles. The molecular formula is C16H16N4. The fourth-order valence-corrected chi connectivity index (χ4v) is 2.77. The van der Waals surface area contributed by atoms with Crippen LogP contribution in [0.25, 0.3) is 0 Å². The summed E-state index contributed by atoms with van der Waals surface area (Å²) in [5, 5.41) is 20.1. The molecule has 0 amide bonds. The van der Waals surface area contributed by atoms with Crippen LogP contribution >= 0.6 is 0 Å². The molecule has 0 bridgehead atoms. The van der Waals surface area contributed by atoms with Crippen LogP contribution in [-0.4, -0.2) is 10.2 Å². The summed E-state index contributed by atoms with van der Waals surface area (Å²) in [5.74, 6) is 1.26. The summed E-state index contributed by atoms with van der Waals surface area (Å²) in [6, 6.07) is 14.3. The van der Waals surface area contributed by atoms with E-state index in [1.165, 1.54) is 17.5 Å². The van der Waals surface area contributed by atoms with E-state index in [0.29, 0.717) is 11.6 Å². The minimum atomic E-state index is 0.252. The summed E-state index contributed by atoms with van der Waals surface area (Å²) in [6.45, 7) is 2.25. The number of aryl methyl sites for hydroxylation is 1. The number of anilines is 1. The lowest BCUT2D eigenvalue weighted by molar-refractivity contribution is 0.433. The van der Waals surface area contributed by atoms with E-state index in [-0.39, 0.29) is 6.04 Å². The van der Waals surface area contributed by atoms with E-state index in [9.17, 15) is 0 Å². The van der Waals surface area contributed by atoms with Gasteiger partial charge in [-0.3, -0.25) is 0 Å².